The second-order valence-electron chi connectivity index (χ2n) is 6.10. The molecule has 0 spiro atoms. The predicted octanol–water partition coefficient (Wildman–Crippen LogP) is 3.68. The summed E-state index contributed by atoms with van der Waals surface area (Å²) in [7, 11) is 1.74. The molecule has 2 aromatic carbocycles. The largest absolute Gasteiger partial charge is 0.320 e. The molecule has 0 fully saturated rings. The average molecular weight is 406 g/mol. The smallest absolute Gasteiger partial charge is 0.284 e. The van der Waals surface area contributed by atoms with E-state index in [1.54, 1.807) is 29.9 Å². The van der Waals surface area contributed by atoms with E-state index in [1.165, 1.54) is 18.5 Å². The fraction of sp³-hybridized carbons (Fsp3) is 0.0526. The van der Waals surface area contributed by atoms with Crippen molar-refractivity contribution >= 4 is 39.9 Å². The van der Waals surface area contributed by atoms with Crippen LogP contribution in [0.15, 0.2) is 71.1 Å². The van der Waals surface area contributed by atoms with Crippen molar-refractivity contribution in [2.75, 3.05) is 5.32 Å². The number of carbonyl (C=O) groups excluding carboxylic acids is 1. The SMILES string of the molecule is Cn1cnnc1Sc1ccc(C(=O)Nc2cccc3cccnc23)cc1[N+](=O)[O-]. The molecule has 0 aliphatic heterocycles. The molecule has 2 heterocycles. The van der Waals surface area contributed by atoms with E-state index in [4.69, 9.17) is 0 Å². The zero-order valence-electron chi connectivity index (χ0n) is 15.1. The van der Waals surface area contributed by atoms with E-state index in [0.717, 1.165) is 17.1 Å². The summed E-state index contributed by atoms with van der Waals surface area (Å²) < 4.78 is 1.66. The molecule has 0 radical (unpaired) electrons. The first kappa shape index (κ1) is 18.6. The number of rotatable bonds is 5. The van der Waals surface area contributed by atoms with Gasteiger partial charge in [0.1, 0.15) is 6.33 Å². The molecular weight excluding hydrogens is 392 g/mol. The Labute approximate surface area is 168 Å². The average Bonchev–Trinajstić information content (AvgIpc) is 3.13. The molecule has 1 amide bonds. The lowest BCUT2D eigenvalue weighted by Crippen LogP contribution is -2.13. The first-order valence-corrected chi connectivity index (χ1v) is 9.30. The Balaban J connectivity index is 1.64. The number of nitro benzene ring substituents is 1. The standard InChI is InChI=1S/C19H14N6O3S/c1-24-11-21-23-19(24)29-16-8-7-13(10-15(16)25(27)28)18(26)22-14-6-2-4-12-5-3-9-20-17(12)14/h2-11H,1H3,(H,22,26). The molecule has 0 unspecified atom stereocenters. The number of amides is 1. The highest BCUT2D eigenvalue weighted by atomic mass is 32.2. The highest BCUT2D eigenvalue weighted by Gasteiger charge is 2.20. The van der Waals surface area contributed by atoms with Crippen molar-refractivity contribution in [1.29, 1.82) is 0 Å². The molecule has 2 aromatic heterocycles. The summed E-state index contributed by atoms with van der Waals surface area (Å²) in [5, 5.41) is 23.4. The summed E-state index contributed by atoms with van der Waals surface area (Å²) in [6.45, 7) is 0. The Morgan fingerprint density at radius 3 is 2.79 bits per heavy atom. The normalized spacial score (nSPS) is 10.8. The van der Waals surface area contributed by atoms with Crippen LogP contribution in [-0.2, 0) is 7.05 Å². The maximum Gasteiger partial charge on any atom is 0.284 e. The molecule has 1 N–H and O–H groups in total. The minimum atomic E-state index is -0.519. The number of hydrogen-bond acceptors (Lipinski definition) is 7. The van der Waals surface area contributed by atoms with Crippen LogP contribution in [0.25, 0.3) is 10.9 Å². The number of benzene rings is 2. The topological polar surface area (TPSA) is 116 Å². The van der Waals surface area contributed by atoms with Crippen LogP contribution >= 0.6 is 11.8 Å². The monoisotopic (exact) mass is 406 g/mol. The quantitative estimate of drug-likeness (QED) is 0.397. The number of nitrogens with zero attached hydrogens (tertiary/aromatic N) is 5. The first-order chi connectivity index (χ1) is 14.0. The number of hydrogen-bond donors (Lipinski definition) is 1. The Morgan fingerprint density at radius 2 is 2.03 bits per heavy atom. The predicted molar refractivity (Wildman–Crippen MR) is 108 cm³/mol. The maximum atomic E-state index is 12.7. The van der Waals surface area contributed by atoms with Gasteiger partial charge in [0.15, 0.2) is 5.16 Å². The summed E-state index contributed by atoms with van der Waals surface area (Å²) in [5.41, 5.74) is 1.18. The molecule has 29 heavy (non-hydrogen) atoms. The third kappa shape index (κ3) is 3.78. The van der Waals surface area contributed by atoms with E-state index in [9.17, 15) is 14.9 Å². The van der Waals surface area contributed by atoms with Crippen LogP contribution < -0.4 is 5.32 Å². The molecule has 0 aliphatic rings. The van der Waals surface area contributed by atoms with Gasteiger partial charge in [-0.3, -0.25) is 19.9 Å². The van der Waals surface area contributed by atoms with Crippen molar-refractivity contribution in [3.8, 4) is 0 Å². The van der Waals surface area contributed by atoms with Crippen molar-refractivity contribution < 1.29 is 9.72 Å². The van der Waals surface area contributed by atoms with Crippen LogP contribution in [-0.4, -0.2) is 30.6 Å². The zero-order valence-corrected chi connectivity index (χ0v) is 16.0. The minimum Gasteiger partial charge on any atom is -0.320 e. The van der Waals surface area contributed by atoms with Crippen molar-refractivity contribution in [3.63, 3.8) is 0 Å². The lowest BCUT2D eigenvalue weighted by molar-refractivity contribution is -0.387. The molecule has 144 valence electrons. The van der Waals surface area contributed by atoms with Crippen molar-refractivity contribution in [2.45, 2.75) is 10.1 Å². The van der Waals surface area contributed by atoms with Gasteiger partial charge in [0, 0.05) is 30.3 Å². The highest BCUT2D eigenvalue weighted by Crippen LogP contribution is 2.34. The summed E-state index contributed by atoms with van der Waals surface area (Å²) in [6, 6.07) is 13.5. The maximum absolute atomic E-state index is 12.7. The number of pyridine rings is 1. The van der Waals surface area contributed by atoms with Gasteiger partial charge in [-0.1, -0.05) is 18.2 Å². The van der Waals surface area contributed by atoms with Crippen LogP contribution in [0.1, 0.15) is 10.4 Å². The number of para-hydroxylation sites is 1. The molecular formula is C19H14N6O3S. The van der Waals surface area contributed by atoms with Gasteiger partial charge in [-0.25, -0.2) is 0 Å². The van der Waals surface area contributed by atoms with Gasteiger partial charge >= 0.3 is 0 Å². The van der Waals surface area contributed by atoms with Gasteiger partial charge in [-0.15, -0.1) is 10.2 Å². The van der Waals surface area contributed by atoms with Crippen molar-refractivity contribution in [3.05, 3.63) is 76.7 Å². The molecule has 9 nitrogen and oxygen atoms in total. The highest BCUT2D eigenvalue weighted by molar-refractivity contribution is 7.99. The molecule has 4 rings (SSSR count). The Kier molecular flexibility index (Phi) is 4.92. The van der Waals surface area contributed by atoms with Crippen molar-refractivity contribution in [2.24, 2.45) is 7.05 Å². The van der Waals surface area contributed by atoms with E-state index in [2.05, 4.69) is 20.5 Å². The summed E-state index contributed by atoms with van der Waals surface area (Å²) >= 11 is 1.11. The Hall–Kier alpha value is -3.79. The Morgan fingerprint density at radius 1 is 1.21 bits per heavy atom. The number of aromatic nitrogens is 4. The van der Waals surface area contributed by atoms with Gasteiger partial charge in [0.05, 0.1) is 21.0 Å². The zero-order chi connectivity index (χ0) is 20.4. The molecule has 4 aromatic rings. The van der Waals surface area contributed by atoms with E-state index in [-0.39, 0.29) is 11.3 Å². The summed E-state index contributed by atoms with van der Waals surface area (Å²) in [6.07, 6.45) is 3.15. The van der Waals surface area contributed by atoms with E-state index in [0.29, 0.717) is 21.3 Å². The van der Waals surface area contributed by atoms with Gasteiger partial charge in [0.2, 0.25) is 0 Å². The van der Waals surface area contributed by atoms with Gasteiger partial charge in [0.25, 0.3) is 11.6 Å². The van der Waals surface area contributed by atoms with Gasteiger partial charge in [-0.2, -0.15) is 0 Å². The lowest BCUT2D eigenvalue weighted by Gasteiger charge is -2.09. The fourth-order valence-electron chi connectivity index (χ4n) is 2.75. The molecule has 10 heteroatoms. The van der Waals surface area contributed by atoms with E-state index >= 15 is 0 Å². The number of nitrogens with one attached hydrogen (secondary N) is 1. The summed E-state index contributed by atoms with van der Waals surface area (Å²) in [4.78, 5) is 28.4. The molecule has 0 saturated carbocycles. The number of fused-ring (bicyclic) bond motifs is 1. The fourth-order valence-corrected chi connectivity index (χ4v) is 3.60. The second-order valence-corrected chi connectivity index (χ2v) is 7.11. The van der Waals surface area contributed by atoms with Gasteiger partial charge < -0.3 is 9.88 Å². The minimum absolute atomic E-state index is 0.173. The molecule has 0 atom stereocenters. The van der Waals surface area contributed by atoms with E-state index < -0.39 is 10.8 Å². The van der Waals surface area contributed by atoms with Crippen LogP contribution in [0.4, 0.5) is 11.4 Å². The number of carbonyl (C=O) groups is 1. The van der Waals surface area contributed by atoms with E-state index in [1.807, 2.05) is 24.3 Å². The molecule has 0 bridgehead atoms. The summed E-state index contributed by atoms with van der Waals surface area (Å²) in [5.74, 6) is -0.457. The van der Waals surface area contributed by atoms with Crippen LogP contribution in [0, 0.1) is 10.1 Å². The number of aryl methyl sites for hydroxylation is 1. The third-order valence-electron chi connectivity index (χ3n) is 4.17. The Bertz CT molecular complexity index is 1230. The molecule has 0 aliphatic carbocycles. The second kappa shape index (κ2) is 7.68. The number of anilines is 1. The van der Waals surface area contributed by atoms with Crippen LogP contribution in [0.3, 0.4) is 0 Å². The van der Waals surface area contributed by atoms with Gasteiger partial charge in [-0.05, 0) is 36.0 Å². The van der Waals surface area contributed by atoms with Crippen molar-refractivity contribution in [1.82, 2.24) is 19.7 Å². The molecule has 0 saturated heterocycles. The first-order valence-electron chi connectivity index (χ1n) is 8.48. The lowest BCUT2D eigenvalue weighted by atomic mass is 10.1. The third-order valence-corrected chi connectivity index (χ3v) is 5.29. The van der Waals surface area contributed by atoms with Crippen LogP contribution in [0.2, 0.25) is 0 Å². The van der Waals surface area contributed by atoms with Crippen LogP contribution in [0.5, 0.6) is 0 Å². The number of nitro groups is 1.